The number of hydrogen-bond acceptors (Lipinski definition) is 4. The minimum atomic E-state index is -1.38. The van der Waals surface area contributed by atoms with Crippen molar-refractivity contribution in [2.24, 2.45) is 0 Å². The van der Waals surface area contributed by atoms with E-state index in [4.69, 9.17) is 4.74 Å². The van der Waals surface area contributed by atoms with Crippen LogP contribution in [0.25, 0.3) is 0 Å². The molecular weight excluding hydrogens is 234 g/mol. The van der Waals surface area contributed by atoms with Crippen LogP contribution in [0.5, 0.6) is 0 Å². The van der Waals surface area contributed by atoms with Gasteiger partial charge in [-0.15, -0.1) is 6.58 Å². The summed E-state index contributed by atoms with van der Waals surface area (Å²) in [6.07, 6.45) is -0.789. The zero-order valence-corrected chi connectivity index (χ0v) is 9.54. The summed E-state index contributed by atoms with van der Waals surface area (Å²) in [6.45, 7) is 3.47. The fourth-order valence-electron chi connectivity index (χ4n) is 1.66. The highest BCUT2D eigenvalue weighted by Gasteiger charge is 2.44. The third kappa shape index (κ3) is 2.02. The molecule has 1 heterocycles. The average molecular weight is 245 g/mol. The Balaban J connectivity index is 2.21. The fraction of sp³-hybridized carbons (Fsp3) is 0.154. The van der Waals surface area contributed by atoms with Gasteiger partial charge in [0, 0.05) is 12.1 Å². The van der Waals surface area contributed by atoms with Gasteiger partial charge in [-0.2, -0.15) is 0 Å². The first-order valence-electron chi connectivity index (χ1n) is 5.37. The number of imide groups is 1. The maximum absolute atomic E-state index is 12.0. The van der Waals surface area contributed by atoms with Gasteiger partial charge in [0.25, 0.3) is 5.91 Å². The van der Waals surface area contributed by atoms with Crippen molar-refractivity contribution in [2.75, 3.05) is 6.54 Å². The molecule has 1 aromatic carbocycles. The molecule has 0 aliphatic carbocycles. The second-order valence-corrected chi connectivity index (χ2v) is 3.73. The molecular formula is C13H11NO4. The number of nitrogens with zero attached hydrogens (tertiary/aromatic N) is 1. The van der Waals surface area contributed by atoms with E-state index in [0.717, 1.165) is 4.90 Å². The van der Waals surface area contributed by atoms with Crippen LogP contribution in [0.3, 0.4) is 0 Å². The third-order valence-electron chi connectivity index (χ3n) is 2.54. The monoisotopic (exact) mass is 245 g/mol. The van der Waals surface area contributed by atoms with Crippen molar-refractivity contribution in [1.29, 1.82) is 0 Å². The van der Waals surface area contributed by atoms with Crippen molar-refractivity contribution in [3.63, 3.8) is 0 Å². The lowest BCUT2D eigenvalue weighted by Crippen LogP contribution is -2.35. The first-order chi connectivity index (χ1) is 8.65. The molecule has 2 amide bonds. The molecule has 18 heavy (non-hydrogen) atoms. The van der Waals surface area contributed by atoms with Crippen molar-refractivity contribution >= 4 is 17.8 Å². The lowest BCUT2D eigenvalue weighted by Gasteiger charge is -2.07. The van der Waals surface area contributed by atoms with Crippen LogP contribution in [-0.4, -0.2) is 35.3 Å². The number of hydrogen-bond donors (Lipinski definition) is 0. The normalized spacial score (nSPS) is 18.7. The van der Waals surface area contributed by atoms with Crippen LogP contribution in [0, 0.1) is 0 Å². The zero-order chi connectivity index (χ0) is 13.1. The number of carbonyl (C=O) groups is 3. The average Bonchev–Trinajstić information content (AvgIpc) is 2.67. The van der Waals surface area contributed by atoms with E-state index in [-0.39, 0.29) is 6.54 Å². The predicted octanol–water partition coefficient (Wildman–Crippen LogP) is 1.40. The van der Waals surface area contributed by atoms with E-state index >= 15 is 0 Å². The molecule has 2 rings (SSSR count). The molecule has 0 N–H and O–H groups in total. The Labute approximate surface area is 104 Å². The van der Waals surface area contributed by atoms with Gasteiger partial charge in [-0.3, -0.25) is 9.59 Å². The molecule has 0 bridgehead atoms. The molecule has 5 heteroatoms. The van der Waals surface area contributed by atoms with Gasteiger partial charge in [-0.25, -0.2) is 9.69 Å². The Hall–Kier alpha value is -2.43. The van der Waals surface area contributed by atoms with E-state index in [1.165, 1.54) is 6.08 Å². The minimum absolute atomic E-state index is 0.0379. The summed E-state index contributed by atoms with van der Waals surface area (Å²) >= 11 is 0. The molecule has 1 aliphatic heterocycles. The van der Waals surface area contributed by atoms with Crippen molar-refractivity contribution in [2.45, 2.75) is 6.10 Å². The molecule has 1 saturated heterocycles. The first kappa shape index (κ1) is 12.0. The fourth-order valence-corrected chi connectivity index (χ4v) is 1.66. The molecule has 0 aromatic heterocycles. The first-order valence-corrected chi connectivity index (χ1v) is 5.37. The number of ether oxygens (including phenoxy) is 1. The summed E-state index contributed by atoms with van der Waals surface area (Å²) in [4.78, 5) is 36.1. The summed E-state index contributed by atoms with van der Waals surface area (Å²) in [5.74, 6) is -1.16. The Morgan fingerprint density at radius 3 is 2.61 bits per heavy atom. The quantitative estimate of drug-likeness (QED) is 0.457. The standard InChI is InChI=1S/C13H11NO4/c1-2-8-14-12(16)11(18-13(14)17)10(15)9-6-4-3-5-7-9/h2-7,11H,1,8H2. The van der Waals surface area contributed by atoms with Crippen LogP contribution >= 0.6 is 0 Å². The van der Waals surface area contributed by atoms with Gasteiger partial charge >= 0.3 is 6.09 Å². The summed E-state index contributed by atoms with van der Waals surface area (Å²) in [7, 11) is 0. The van der Waals surface area contributed by atoms with E-state index in [2.05, 4.69) is 6.58 Å². The van der Waals surface area contributed by atoms with Crippen LogP contribution < -0.4 is 0 Å². The van der Waals surface area contributed by atoms with Gasteiger partial charge in [-0.1, -0.05) is 36.4 Å². The highest BCUT2D eigenvalue weighted by molar-refractivity contribution is 6.18. The summed E-state index contributed by atoms with van der Waals surface area (Å²) in [5.41, 5.74) is 0.337. The van der Waals surface area contributed by atoms with Crippen LogP contribution in [0.2, 0.25) is 0 Å². The van der Waals surface area contributed by atoms with E-state index in [1.54, 1.807) is 30.3 Å². The molecule has 1 aliphatic rings. The molecule has 5 nitrogen and oxygen atoms in total. The van der Waals surface area contributed by atoms with Gasteiger partial charge in [0.15, 0.2) is 0 Å². The second kappa shape index (κ2) is 4.83. The van der Waals surface area contributed by atoms with Crippen LogP contribution in [0.1, 0.15) is 10.4 Å². The van der Waals surface area contributed by atoms with Gasteiger partial charge < -0.3 is 4.74 Å². The number of cyclic esters (lactones) is 1. The molecule has 0 radical (unpaired) electrons. The number of ketones is 1. The lowest BCUT2D eigenvalue weighted by atomic mass is 10.1. The van der Waals surface area contributed by atoms with E-state index in [0.29, 0.717) is 5.56 Å². The highest BCUT2D eigenvalue weighted by atomic mass is 16.6. The maximum atomic E-state index is 12.0. The van der Waals surface area contributed by atoms with Crippen molar-refractivity contribution < 1.29 is 19.1 Å². The molecule has 0 spiro atoms. The topological polar surface area (TPSA) is 63.7 Å². The highest BCUT2D eigenvalue weighted by Crippen LogP contribution is 2.17. The molecule has 1 aromatic rings. The molecule has 1 unspecified atom stereocenters. The maximum Gasteiger partial charge on any atom is 0.418 e. The third-order valence-corrected chi connectivity index (χ3v) is 2.54. The minimum Gasteiger partial charge on any atom is -0.427 e. The second-order valence-electron chi connectivity index (χ2n) is 3.73. The van der Waals surface area contributed by atoms with Crippen LogP contribution in [0.4, 0.5) is 4.79 Å². The molecule has 1 fully saturated rings. The molecule has 0 saturated carbocycles. The number of rotatable bonds is 4. The van der Waals surface area contributed by atoms with Crippen LogP contribution in [0.15, 0.2) is 43.0 Å². The number of carbonyl (C=O) groups excluding carboxylic acids is 3. The number of benzene rings is 1. The Morgan fingerprint density at radius 1 is 1.33 bits per heavy atom. The van der Waals surface area contributed by atoms with E-state index in [1.807, 2.05) is 0 Å². The van der Waals surface area contributed by atoms with E-state index < -0.39 is 23.9 Å². The molecule has 92 valence electrons. The molecule has 1 atom stereocenters. The number of Topliss-reactive ketones (excluding diaryl/α,β-unsaturated/α-hetero) is 1. The SMILES string of the molecule is C=CCN1C(=O)OC(C(=O)c2ccccc2)C1=O. The van der Waals surface area contributed by atoms with Gasteiger partial charge in [0.05, 0.1) is 0 Å². The van der Waals surface area contributed by atoms with Crippen molar-refractivity contribution in [1.82, 2.24) is 4.90 Å². The van der Waals surface area contributed by atoms with Gasteiger partial charge in [0.2, 0.25) is 11.9 Å². The van der Waals surface area contributed by atoms with E-state index in [9.17, 15) is 14.4 Å². The predicted molar refractivity (Wildman–Crippen MR) is 63.0 cm³/mol. The number of amides is 2. The smallest absolute Gasteiger partial charge is 0.418 e. The summed E-state index contributed by atoms with van der Waals surface area (Å²) < 4.78 is 4.80. The van der Waals surface area contributed by atoms with Crippen molar-refractivity contribution in [3.05, 3.63) is 48.6 Å². The summed E-state index contributed by atoms with van der Waals surface area (Å²) in [5, 5.41) is 0. The Kier molecular flexibility index (Phi) is 3.23. The largest absolute Gasteiger partial charge is 0.427 e. The zero-order valence-electron chi connectivity index (χ0n) is 9.54. The Morgan fingerprint density at radius 2 is 2.00 bits per heavy atom. The van der Waals surface area contributed by atoms with Crippen molar-refractivity contribution in [3.8, 4) is 0 Å². The Bertz CT molecular complexity index is 509. The van der Waals surface area contributed by atoms with Crippen LogP contribution in [-0.2, 0) is 9.53 Å². The van der Waals surface area contributed by atoms with Gasteiger partial charge in [0.1, 0.15) is 0 Å². The summed E-state index contributed by atoms with van der Waals surface area (Å²) in [6, 6.07) is 8.24. The lowest BCUT2D eigenvalue weighted by molar-refractivity contribution is -0.127. The van der Waals surface area contributed by atoms with Gasteiger partial charge in [-0.05, 0) is 0 Å².